The molecule has 3 nitrogen and oxygen atoms in total. The largest absolute Gasteiger partial charge is 0.497 e. The Labute approximate surface area is 128 Å². The molecule has 1 N–H and O–H groups in total. The molecular weight excluding hydrogens is 281 g/mol. The third kappa shape index (κ3) is 2.61. The van der Waals surface area contributed by atoms with Crippen molar-refractivity contribution in [2.45, 2.75) is 6.10 Å². The third-order valence-electron chi connectivity index (χ3n) is 3.60. The summed E-state index contributed by atoms with van der Waals surface area (Å²) in [6.45, 7) is 0. The van der Waals surface area contributed by atoms with Gasteiger partial charge in [-0.05, 0) is 42.0 Å². The molecule has 0 aliphatic carbocycles. The number of nitrogens with zero attached hydrogens (tertiary/aromatic N) is 1. The summed E-state index contributed by atoms with van der Waals surface area (Å²) >= 11 is 0. The lowest BCUT2D eigenvalue weighted by atomic mass is 10.1. The molecule has 0 fully saturated rings. The molecule has 3 aromatic rings. The van der Waals surface area contributed by atoms with Crippen molar-refractivity contribution in [2.24, 2.45) is 0 Å². The van der Waals surface area contributed by atoms with E-state index in [0.29, 0.717) is 11.4 Å². The summed E-state index contributed by atoms with van der Waals surface area (Å²) in [6, 6.07) is 17.2. The van der Waals surface area contributed by atoms with Gasteiger partial charge in [0, 0.05) is 6.20 Å². The van der Waals surface area contributed by atoms with Gasteiger partial charge >= 0.3 is 0 Å². The van der Waals surface area contributed by atoms with Crippen LogP contribution in [0.15, 0.2) is 66.9 Å². The molecule has 1 aromatic heterocycles. The number of methoxy groups -OCH3 is 1. The van der Waals surface area contributed by atoms with Crippen molar-refractivity contribution in [3.05, 3.63) is 83.9 Å². The lowest BCUT2D eigenvalue weighted by Gasteiger charge is -2.16. The molecule has 4 heteroatoms. The number of aromatic nitrogens is 1. The highest BCUT2D eigenvalue weighted by atomic mass is 19.1. The van der Waals surface area contributed by atoms with Crippen LogP contribution in [0.5, 0.6) is 5.75 Å². The number of aliphatic hydroxyl groups excluding tert-OH is 1. The number of hydrogen-bond acceptors (Lipinski definition) is 2. The summed E-state index contributed by atoms with van der Waals surface area (Å²) in [6.07, 6.45) is 0.890. The minimum absolute atomic E-state index is 0.332. The van der Waals surface area contributed by atoms with Gasteiger partial charge in [0.05, 0.1) is 18.5 Å². The molecule has 0 unspecified atom stereocenters. The second-order valence-corrected chi connectivity index (χ2v) is 4.93. The van der Waals surface area contributed by atoms with Gasteiger partial charge in [0.1, 0.15) is 17.7 Å². The van der Waals surface area contributed by atoms with Crippen molar-refractivity contribution in [1.82, 2.24) is 4.57 Å². The first-order valence-electron chi connectivity index (χ1n) is 6.95. The van der Waals surface area contributed by atoms with Gasteiger partial charge in [-0.3, -0.25) is 0 Å². The normalized spacial score (nSPS) is 12.1. The lowest BCUT2D eigenvalue weighted by molar-refractivity contribution is 0.213. The summed E-state index contributed by atoms with van der Waals surface area (Å²) in [5.74, 6) is 0.391. The lowest BCUT2D eigenvalue weighted by Crippen LogP contribution is -2.08. The van der Waals surface area contributed by atoms with Gasteiger partial charge in [-0.2, -0.15) is 0 Å². The molecule has 0 saturated heterocycles. The Hall–Kier alpha value is -2.59. The smallest absolute Gasteiger partial charge is 0.147 e. The first-order chi connectivity index (χ1) is 10.7. The zero-order valence-electron chi connectivity index (χ0n) is 12.1. The summed E-state index contributed by atoms with van der Waals surface area (Å²) in [5, 5.41) is 10.6. The molecule has 1 heterocycles. The van der Waals surface area contributed by atoms with E-state index < -0.39 is 6.10 Å². The van der Waals surface area contributed by atoms with Crippen molar-refractivity contribution in [2.75, 3.05) is 7.11 Å². The Balaban J connectivity index is 1.99. The Bertz CT molecular complexity index is 765. The highest BCUT2D eigenvalue weighted by molar-refractivity contribution is 5.40. The Morgan fingerprint density at radius 2 is 1.73 bits per heavy atom. The zero-order chi connectivity index (χ0) is 15.5. The van der Waals surface area contributed by atoms with Crippen LogP contribution in [0.25, 0.3) is 5.69 Å². The Kier molecular flexibility index (Phi) is 3.94. The van der Waals surface area contributed by atoms with Gasteiger partial charge in [-0.15, -0.1) is 0 Å². The molecule has 0 amide bonds. The molecule has 0 bridgehead atoms. The molecule has 3 rings (SSSR count). The minimum Gasteiger partial charge on any atom is -0.497 e. The van der Waals surface area contributed by atoms with Crippen LogP contribution in [0, 0.1) is 5.82 Å². The maximum absolute atomic E-state index is 14.0. The molecule has 0 aliphatic heterocycles. The number of benzene rings is 2. The molecule has 2 aromatic carbocycles. The summed E-state index contributed by atoms with van der Waals surface area (Å²) < 4.78 is 20.7. The van der Waals surface area contributed by atoms with E-state index in [0.717, 1.165) is 11.3 Å². The number of ether oxygens (including phenoxy) is 1. The van der Waals surface area contributed by atoms with Gasteiger partial charge in [-0.1, -0.05) is 24.3 Å². The van der Waals surface area contributed by atoms with E-state index in [1.165, 1.54) is 6.07 Å². The van der Waals surface area contributed by atoms with Crippen molar-refractivity contribution in [3.63, 3.8) is 0 Å². The zero-order valence-corrected chi connectivity index (χ0v) is 12.1. The highest BCUT2D eigenvalue weighted by Crippen LogP contribution is 2.27. The van der Waals surface area contributed by atoms with Crippen LogP contribution in [0.4, 0.5) is 4.39 Å². The second-order valence-electron chi connectivity index (χ2n) is 4.93. The van der Waals surface area contributed by atoms with E-state index >= 15 is 0 Å². The van der Waals surface area contributed by atoms with E-state index in [1.54, 1.807) is 72.5 Å². The number of halogens is 1. The maximum Gasteiger partial charge on any atom is 0.147 e. The fourth-order valence-electron chi connectivity index (χ4n) is 2.44. The highest BCUT2D eigenvalue weighted by Gasteiger charge is 2.16. The summed E-state index contributed by atoms with van der Waals surface area (Å²) in [5.41, 5.74) is 1.74. The van der Waals surface area contributed by atoms with Gasteiger partial charge in [0.2, 0.25) is 0 Å². The molecule has 1 atom stereocenters. The van der Waals surface area contributed by atoms with Crippen molar-refractivity contribution in [1.29, 1.82) is 0 Å². The van der Waals surface area contributed by atoms with E-state index in [9.17, 15) is 9.50 Å². The Morgan fingerprint density at radius 3 is 2.41 bits per heavy atom. The number of aliphatic hydroxyl groups is 1. The molecule has 112 valence electrons. The molecular formula is C18H16FNO2. The Morgan fingerprint density at radius 1 is 1.00 bits per heavy atom. The van der Waals surface area contributed by atoms with E-state index in [4.69, 9.17) is 4.74 Å². The van der Waals surface area contributed by atoms with Crippen LogP contribution in [-0.4, -0.2) is 16.8 Å². The average Bonchev–Trinajstić information content (AvgIpc) is 3.04. The quantitative estimate of drug-likeness (QED) is 0.796. The van der Waals surface area contributed by atoms with Crippen molar-refractivity contribution in [3.8, 4) is 11.4 Å². The van der Waals surface area contributed by atoms with E-state index in [1.807, 2.05) is 0 Å². The van der Waals surface area contributed by atoms with E-state index in [2.05, 4.69) is 0 Å². The van der Waals surface area contributed by atoms with Crippen LogP contribution < -0.4 is 4.74 Å². The van der Waals surface area contributed by atoms with Crippen LogP contribution >= 0.6 is 0 Å². The summed E-state index contributed by atoms with van der Waals surface area (Å²) in [4.78, 5) is 0. The molecule has 0 radical (unpaired) electrons. The first-order valence-corrected chi connectivity index (χ1v) is 6.95. The monoisotopic (exact) mass is 297 g/mol. The predicted octanol–water partition coefficient (Wildman–Crippen LogP) is 3.71. The number of rotatable bonds is 4. The number of hydrogen-bond donors (Lipinski definition) is 1. The van der Waals surface area contributed by atoms with Crippen LogP contribution in [0.1, 0.15) is 17.4 Å². The van der Waals surface area contributed by atoms with Crippen LogP contribution in [-0.2, 0) is 0 Å². The molecule has 22 heavy (non-hydrogen) atoms. The van der Waals surface area contributed by atoms with E-state index in [-0.39, 0.29) is 5.82 Å². The predicted molar refractivity (Wildman–Crippen MR) is 82.8 cm³/mol. The van der Waals surface area contributed by atoms with Gasteiger partial charge in [-0.25, -0.2) is 4.39 Å². The van der Waals surface area contributed by atoms with Crippen molar-refractivity contribution >= 4 is 0 Å². The minimum atomic E-state index is -0.847. The standard InChI is InChI=1S/C18H16FNO2/c1-22-14-10-8-13(9-11-14)18(21)17-7-4-12-20(17)16-6-3-2-5-15(16)19/h2-12,18,21H,1H3/t18-/m0/s1. The second kappa shape index (κ2) is 6.03. The number of para-hydroxylation sites is 1. The van der Waals surface area contributed by atoms with Gasteiger partial charge in [0.15, 0.2) is 0 Å². The van der Waals surface area contributed by atoms with Crippen LogP contribution in [0.3, 0.4) is 0 Å². The average molecular weight is 297 g/mol. The van der Waals surface area contributed by atoms with Crippen molar-refractivity contribution < 1.29 is 14.2 Å². The third-order valence-corrected chi connectivity index (χ3v) is 3.60. The SMILES string of the molecule is COc1ccc([C@H](O)c2cccn2-c2ccccc2F)cc1. The van der Waals surface area contributed by atoms with Crippen LogP contribution in [0.2, 0.25) is 0 Å². The fraction of sp³-hybridized carbons (Fsp3) is 0.111. The maximum atomic E-state index is 14.0. The molecule has 0 saturated carbocycles. The summed E-state index contributed by atoms with van der Waals surface area (Å²) in [7, 11) is 1.59. The first kappa shape index (κ1) is 14.4. The molecule has 0 spiro atoms. The molecule has 0 aliphatic rings. The van der Waals surface area contributed by atoms with Gasteiger partial charge in [0.25, 0.3) is 0 Å². The fourth-order valence-corrected chi connectivity index (χ4v) is 2.44. The van der Waals surface area contributed by atoms with Gasteiger partial charge < -0.3 is 14.4 Å². The topological polar surface area (TPSA) is 34.4 Å².